The van der Waals surface area contributed by atoms with Crippen LogP contribution in [-0.2, 0) is 9.47 Å². The minimum atomic E-state index is -0.458. The average molecular weight is 264 g/mol. The van der Waals surface area contributed by atoms with Crippen molar-refractivity contribution in [3.8, 4) is 0 Å². The van der Waals surface area contributed by atoms with Gasteiger partial charge in [-0.2, -0.15) is 0 Å². The van der Waals surface area contributed by atoms with Crippen molar-refractivity contribution < 1.29 is 9.47 Å². The molecule has 1 aromatic carbocycles. The third kappa shape index (κ3) is 2.48. The number of aromatic nitrogens is 1. The highest BCUT2D eigenvalue weighted by Gasteiger charge is 2.32. The first-order valence-electron chi connectivity index (χ1n) is 6.04. The summed E-state index contributed by atoms with van der Waals surface area (Å²) in [6.07, 6.45) is 0.0898. The summed E-state index contributed by atoms with van der Waals surface area (Å²) in [5.41, 5.74) is 1.04. The molecule has 0 spiro atoms. The van der Waals surface area contributed by atoms with Gasteiger partial charge in [0.2, 0.25) is 0 Å². The Balaban J connectivity index is 1.63. The summed E-state index contributed by atoms with van der Waals surface area (Å²) in [6, 6.07) is 8.13. The van der Waals surface area contributed by atoms with Crippen LogP contribution in [0.15, 0.2) is 24.3 Å². The monoisotopic (exact) mass is 264 g/mol. The second kappa shape index (κ2) is 4.50. The first kappa shape index (κ1) is 11.9. The number of fused-ring (bicyclic) bond motifs is 1. The van der Waals surface area contributed by atoms with E-state index < -0.39 is 5.79 Å². The topological polar surface area (TPSA) is 43.4 Å². The SMILES string of the molecule is CC1(C)OC[C@@H](CNc2nc3ccccc3s2)O1. The molecule has 2 aromatic rings. The van der Waals surface area contributed by atoms with E-state index in [4.69, 9.17) is 9.47 Å². The number of benzene rings is 1. The molecule has 1 aliphatic heterocycles. The summed E-state index contributed by atoms with van der Waals surface area (Å²) < 4.78 is 12.5. The maximum absolute atomic E-state index is 5.74. The van der Waals surface area contributed by atoms with Gasteiger partial charge in [-0.05, 0) is 26.0 Å². The summed E-state index contributed by atoms with van der Waals surface area (Å²) in [5.74, 6) is -0.458. The fourth-order valence-electron chi connectivity index (χ4n) is 2.01. The molecule has 0 amide bonds. The molecule has 1 fully saturated rings. The summed E-state index contributed by atoms with van der Waals surface area (Å²) in [6.45, 7) is 5.23. The van der Waals surface area contributed by atoms with Crippen molar-refractivity contribution in [1.82, 2.24) is 4.98 Å². The predicted octanol–water partition coefficient (Wildman–Crippen LogP) is 2.86. The summed E-state index contributed by atoms with van der Waals surface area (Å²) in [5, 5.41) is 4.25. The van der Waals surface area contributed by atoms with Crippen LogP contribution < -0.4 is 5.32 Å². The smallest absolute Gasteiger partial charge is 0.183 e. The molecule has 0 bridgehead atoms. The van der Waals surface area contributed by atoms with E-state index >= 15 is 0 Å². The van der Waals surface area contributed by atoms with Gasteiger partial charge in [0.15, 0.2) is 10.9 Å². The van der Waals surface area contributed by atoms with E-state index in [9.17, 15) is 0 Å². The fraction of sp³-hybridized carbons (Fsp3) is 0.462. The van der Waals surface area contributed by atoms with Crippen molar-refractivity contribution in [1.29, 1.82) is 0 Å². The van der Waals surface area contributed by atoms with Crippen LogP contribution in [0, 0.1) is 0 Å². The van der Waals surface area contributed by atoms with E-state index in [2.05, 4.69) is 16.4 Å². The van der Waals surface area contributed by atoms with Crippen LogP contribution >= 0.6 is 11.3 Å². The molecular weight excluding hydrogens is 248 g/mol. The molecule has 1 saturated heterocycles. The van der Waals surface area contributed by atoms with Crippen LogP contribution in [0.1, 0.15) is 13.8 Å². The zero-order valence-corrected chi connectivity index (χ0v) is 11.3. The van der Waals surface area contributed by atoms with Crippen molar-refractivity contribution >= 4 is 26.7 Å². The molecule has 1 N–H and O–H groups in total. The maximum atomic E-state index is 5.74. The van der Waals surface area contributed by atoms with Crippen LogP contribution in [0.25, 0.3) is 10.2 Å². The van der Waals surface area contributed by atoms with Crippen LogP contribution in [0.2, 0.25) is 0 Å². The van der Waals surface area contributed by atoms with Crippen molar-refractivity contribution in [2.75, 3.05) is 18.5 Å². The molecule has 1 aliphatic rings. The van der Waals surface area contributed by atoms with Gasteiger partial charge in [-0.3, -0.25) is 0 Å². The molecule has 0 unspecified atom stereocenters. The van der Waals surface area contributed by atoms with Gasteiger partial charge in [-0.1, -0.05) is 23.5 Å². The van der Waals surface area contributed by atoms with E-state index in [1.54, 1.807) is 11.3 Å². The van der Waals surface area contributed by atoms with Gasteiger partial charge in [0.25, 0.3) is 0 Å². The molecule has 1 aromatic heterocycles. The van der Waals surface area contributed by atoms with Gasteiger partial charge in [0, 0.05) is 6.54 Å². The lowest BCUT2D eigenvalue weighted by Gasteiger charge is -2.17. The highest BCUT2D eigenvalue weighted by Crippen LogP contribution is 2.26. The number of anilines is 1. The molecule has 0 saturated carbocycles. The fourth-order valence-corrected chi connectivity index (χ4v) is 2.89. The van der Waals surface area contributed by atoms with Gasteiger partial charge < -0.3 is 14.8 Å². The lowest BCUT2D eigenvalue weighted by atomic mass is 10.3. The largest absolute Gasteiger partial charge is 0.359 e. The van der Waals surface area contributed by atoms with Gasteiger partial charge in [-0.15, -0.1) is 0 Å². The second-order valence-corrected chi connectivity index (χ2v) is 5.85. The van der Waals surface area contributed by atoms with E-state index in [1.807, 2.05) is 32.0 Å². The van der Waals surface area contributed by atoms with Crippen LogP contribution in [-0.4, -0.2) is 30.0 Å². The highest BCUT2D eigenvalue weighted by atomic mass is 32.1. The molecule has 2 heterocycles. The molecule has 3 rings (SSSR count). The number of para-hydroxylation sites is 1. The lowest BCUT2D eigenvalue weighted by molar-refractivity contribution is -0.136. The summed E-state index contributed by atoms with van der Waals surface area (Å²) >= 11 is 1.66. The number of ether oxygens (including phenoxy) is 2. The Morgan fingerprint density at radius 1 is 1.44 bits per heavy atom. The van der Waals surface area contributed by atoms with Gasteiger partial charge in [-0.25, -0.2) is 4.98 Å². The molecule has 5 heteroatoms. The molecule has 4 nitrogen and oxygen atoms in total. The normalized spacial score (nSPS) is 22.4. The number of hydrogen-bond acceptors (Lipinski definition) is 5. The first-order chi connectivity index (χ1) is 8.62. The third-order valence-electron chi connectivity index (χ3n) is 2.84. The molecule has 18 heavy (non-hydrogen) atoms. The summed E-state index contributed by atoms with van der Waals surface area (Å²) in [7, 11) is 0. The third-order valence-corrected chi connectivity index (χ3v) is 3.84. The molecule has 0 aliphatic carbocycles. The molecule has 1 atom stereocenters. The number of nitrogens with zero attached hydrogens (tertiary/aromatic N) is 1. The summed E-state index contributed by atoms with van der Waals surface area (Å²) in [4.78, 5) is 4.52. The van der Waals surface area contributed by atoms with Crippen molar-refractivity contribution in [3.05, 3.63) is 24.3 Å². The van der Waals surface area contributed by atoms with E-state index in [0.717, 1.165) is 17.2 Å². The molecular formula is C13H16N2O2S. The van der Waals surface area contributed by atoms with Gasteiger partial charge >= 0.3 is 0 Å². The Hall–Kier alpha value is -1.17. The van der Waals surface area contributed by atoms with E-state index in [-0.39, 0.29) is 6.10 Å². The van der Waals surface area contributed by atoms with Crippen LogP contribution in [0.3, 0.4) is 0 Å². The Labute approximate surface area is 110 Å². The number of nitrogens with one attached hydrogen (secondary N) is 1. The average Bonchev–Trinajstić information content (AvgIpc) is 2.89. The number of rotatable bonds is 3. The minimum absolute atomic E-state index is 0.0898. The number of hydrogen-bond donors (Lipinski definition) is 1. The number of thiazole rings is 1. The van der Waals surface area contributed by atoms with Gasteiger partial charge in [0.05, 0.1) is 16.8 Å². The van der Waals surface area contributed by atoms with Crippen LogP contribution in [0.4, 0.5) is 5.13 Å². The van der Waals surface area contributed by atoms with E-state index in [1.165, 1.54) is 4.70 Å². The zero-order chi connectivity index (χ0) is 12.6. The lowest BCUT2D eigenvalue weighted by Crippen LogP contribution is -2.25. The quantitative estimate of drug-likeness (QED) is 0.925. The van der Waals surface area contributed by atoms with Gasteiger partial charge in [0.1, 0.15) is 6.10 Å². The Morgan fingerprint density at radius 2 is 2.28 bits per heavy atom. The maximum Gasteiger partial charge on any atom is 0.183 e. The van der Waals surface area contributed by atoms with Crippen molar-refractivity contribution in [2.24, 2.45) is 0 Å². The van der Waals surface area contributed by atoms with Crippen LogP contribution in [0.5, 0.6) is 0 Å². The molecule has 96 valence electrons. The van der Waals surface area contributed by atoms with Crippen molar-refractivity contribution in [2.45, 2.75) is 25.7 Å². The zero-order valence-electron chi connectivity index (χ0n) is 10.5. The highest BCUT2D eigenvalue weighted by molar-refractivity contribution is 7.22. The Kier molecular flexibility index (Phi) is 2.97. The van der Waals surface area contributed by atoms with E-state index in [0.29, 0.717) is 6.61 Å². The molecule has 0 radical (unpaired) electrons. The minimum Gasteiger partial charge on any atom is -0.359 e. The standard InChI is InChI=1S/C13H16N2O2S/c1-13(2)16-8-9(17-13)7-14-12-15-10-5-3-4-6-11(10)18-12/h3-6,9H,7-8H2,1-2H3,(H,14,15)/t9-/m1/s1. The predicted molar refractivity (Wildman–Crippen MR) is 73.0 cm³/mol. The Bertz CT molecular complexity index is 520. The Morgan fingerprint density at radius 3 is 3.00 bits per heavy atom. The second-order valence-electron chi connectivity index (χ2n) is 4.82. The van der Waals surface area contributed by atoms with Crippen molar-refractivity contribution in [3.63, 3.8) is 0 Å². The first-order valence-corrected chi connectivity index (χ1v) is 6.85.